The normalized spacial score (nSPS) is 31.4. The van der Waals surface area contributed by atoms with Gasteiger partial charge in [-0.25, -0.2) is 0 Å². The van der Waals surface area contributed by atoms with Crippen LogP contribution in [0.3, 0.4) is 0 Å². The number of aliphatic hydroxyl groups excluding tert-OH is 1. The van der Waals surface area contributed by atoms with Crippen molar-refractivity contribution in [3.05, 3.63) is 22.4 Å². The minimum atomic E-state index is -0.354. The van der Waals surface area contributed by atoms with Crippen molar-refractivity contribution in [2.75, 3.05) is 6.54 Å². The van der Waals surface area contributed by atoms with Crippen molar-refractivity contribution in [2.45, 2.75) is 45.3 Å². The van der Waals surface area contributed by atoms with E-state index in [0.717, 1.165) is 17.4 Å². The molecule has 0 bridgehead atoms. The molecule has 1 aromatic heterocycles. The molecule has 4 atom stereocenters. The molecule has 0 spiro atoms. The summed E-state index contributed by atoms with van der Waals surface area (Å²) < 4.78 is 0. The third-order valence-corrected chi connectivity index (χ3v) is 4.63. The third kappa shape index (κ3) is 3.54. The summed E-state index contributed by atoms with van der Waals surface area (Å²) in [6.45, 7) is 5.34. The molecule has 2 rings (SSSR count). The van der Waals surface area contributed by atoms with E-state index in [9.17, 15) is 5.11 Å². The van der Waals surface area contributed by atoms with E-state index in [-0.39, 0.29) is 6.10 Å². The molecule has 1 saturated carbocycles. The molecule has 17 heavy (non-hydrogen) atoms. The molecule has 3 heteroatoms. The highest BCUT2D eigenvalue weighted by Gasteiger charge is 2.25. The lowest BCUT2D eigenvalue weighted by molar-refractivity contribution is 0.151. The summed E-state index contributed by atoms with van der Waals surface area (Å²) in [5.41, 5.74) is 1.04. The number of hydrogen-bond acceptors (Lipinski definition) is 3. The zero-order chi connectivity index (χ0) is 12.3. The Morgan fingerprint density at radius 3 is 2.94 bits per heavy atom. The van der Waals surface area contributed by atoms with Crippen molar-refractivity contribution in [3.8, 4) is 0 Å². The second-order valence-corrected chi connectivity index (χ2v) is 6.26. The first kappa shape index (κ1) is 13.1. The first-order valence-corrected chi connectivity index (χ1v) is 7.54. The summed E-state index contributed by atoms with van der Waals surface area (Å²) in [7, 11) is 0. The Bertz CT molecular complexity index is 325. The monoisotopic (exact) mass is 253 g/mol. The minimum Gasteiger partial charge on any atom is -0.387 e. The van der Waals surface area contributed by atoms with E-state index >= 15 is 0 Å². The summed E-state index contributed by atoms with van der Waals surface area (Å²) in [6.07, 6.45) is 3.52. The lowest BCUT2D eigenvalue weighted by atomic mass is 9.80. The largest absolute Gasteiger partial charge is 0.387 e. The number of nitrogens with one attached hydrogen (secondary N) is 1. The van der Waals surface area contributed by atoms with Crippen LogP contribution < -0.4 is 5.32 Å². The highest BCUT2D eigenvalue weighted by atomic mass is 32.1. The van der Waals surface area contributed by atoms with Gasteiger partial charge < -0.3 is 10.4 Å². The van der Waals surface area contributed by atoms with Gasteiger partial charge >= 0.3 is 0 Å². The molecule has 0 aliphatic heterocycles. The molecule has 1 aromatic rings. The van der Waals surface area contributed by atoms with Crippen LogP contribution in [0.1, 0.15) is 44.8 Å². The fourth-order valence-corrected chi connectivity index (χ4v) is 3.52. The summed E-state index contributed by atoms with van der Waals surface area (Å²) in [5.74, 6) is 1.60. The van der Waals surface area contributed by atoms with Crippen molar-refractivity contribution in [3.63, 3.8) is 0 Å². The molecule has 1 aliphatic carbocycles. The highest BCUT2D eigenvalue weighted by molar-refractivity contribution is 7.07. The summed E-state index contributed by atoms with van der Waals surface area (Å²) in [4.78, 5) is 0. The van der Waals surface area contributed by atoms with Gasteiger partial charge in [-0.3, -0.25) is 0 Å². The SMILES string of the molecule is CC1CCC(NCC(O)c2ccsc2)C(C)C1. The van der Waals surface area contributed by atoms with E-state index in [0.29, 0.717) is 12.6 Å². The quantitative estimate of drug-likeness (QED) is 0.863. The van der Waals surface area contributed by atoms with Crippen LogP contribution in [0, 0.1) is 11.8 Å². The van der Waals surface area contributed by atoms with Gasteiger partial charge in [-0.1, -0.05) is 13.8 Å². The number of thiophene rings is 1. The first-order valence-electron chi connectivity index (χ1n) is 6.60. The zero-order valence-corrected chi connectivity index (χ0v) is 11.5. The van der Waals surface area contributed by atoms with Crippen LogP contribution in [0.4, 0.5) is 0 Å². The minimum absolute atomic E-state index is 0.354. The molecule has 0 saturated heterocycles. The third-order valence-electron chi connectivity index (χ3n) is 3.93. The summed E-state index contributed by atoms with van der Waals surface area (Å²) >= 11 is 1.64. The average molecular weight is 253 g/mol. The van der Waals surface area contributed by atoms with E-state index in [1.165, 1.54) is 19.3 Å². The van der Waals surface area contributed by atoms with Crippen LogP contribution in [0.15, 0.2) is 16.8 Å². The Morgan fingerprint density at radius 1 is 1.47 bits per heavy atom. The lowest BCUT2D eigenvalue weighted by Crippen LogP contribution is -2.40. The van der Waals surface area contributed by atoms with Crippen molar-refractivity contribution in [1.82, 2.24) is 5.32 Å². The highest BCUT2D eigenvalue weighted by Crippen LogP contribution is 2.28. The molecule has 2 N–H and O–H groups in total. The van der Waals surface area contributed by atoms with Crippen LogP contribution >= 0.6 is 11.3 Å². The van der Waals surface area contributed by atoms with Gasteiger partial charge in [0, 0.05) is 12.6 Å². The van der Waals surface area contributed by atoms with E-state index in [1.54, 1.807) is 11.3 Å². The maximum atomic E-state index is 10.0. The standard InChI is InChI=1S/C14H23NOS/c1-10-3-4-13(11(2)7-10)15-8-14(16)12-5-6-17-9-12/h5-6,9-11,13-16H,3-4,7-8H2,1-2H3. The van der Waals surface area contributed by atoms with Crippen molar-refractivity contribution < 1.29 is 5.11 Å². The maximum absolute atomic E-state index is 10.0. The predicted octanol–water partition coefficient (Wildman–Crippen LogP) is 3.20. The van der Waals surface area contributed by atoms with E-state index < -0.39 is 0 Å². The maximum Gasteiger partial charge on any atom is 0.0922 e. The van der Waals surface area contributed by atoms with E-state index in [4.69, 9.17) is 0 Å². The second-order valence-electron chi connectivity index (χ2n) is 5.48. The summed E-state index contributed by atoms with van der Waals surface area (Å²) in [5, 5.41) is 17.6. The smallest absolute Gasteiger partial charge is 0.0922 e. The van der Waals surface area contributed by atoms with Gasteiger partial charge in [-0.2, -0.15) is 11.3 Å². The van der Waals surface area contributed by atoms with Crippen LogP contribution in [-0.2, 0) is 0 Å². The molecule has 0 radical (unpaired) electrons. The zero-order valence-electron chi connectivity index (χ0n) is 10.7. The van der Waals surface area contributed by atoms with Gasteiger partial charge in [0.1, 0.15) is 0 Å². The Balaban J connectivity index is 1.78. The lowest BCUT2D eigenvalue weighted by Gasteiger charge is -2.33. The van der Waals surface area contributed by atoms with Gasteiger partial charge in [-0.05, 0) is 53.5 Å². The average Bonchev–Trinajstić information content (AvgIpc) is 2.81. The van der Waals surface area contributed by atoms with Gasteiger partial charge in [-0.15, -0.1) is 0 Å². The predicted molar refractivity (Wildman–Crippen MR) is 73.2 cm³/mol. The topological polar surface area (TPSA) is 32.3 Å². The van der Waals surface area contributed by atoms with Crippen molar-refractivity contribution in [2.24, 2.45) is 11.8 Å². The molecular weight excluding hydrogens is 230 g/mol. The molecule has 1 fully saturated rings. The molecule has 2 nitrogen and oxygen atoms in total. The van der Waals surface area contributed by atoms with Crippen molar-refractivity contribution >= 4 is 11.3 Å². The number of hydrogen-bond donors (Lipinski definition) is 2. The van der Waals surface area contributed by atoms with Gasteiger partial charge in [0.05, 0.1) is 6.10 Å². The molecule has 0 aromatic carbocycles. The Labute approximate surface area is 108 Å². The Kier molecular flexibility index (Phi) is 4.60. The molecule has 96 valence electrons. The van der Waals surface area contributed by atoms with Crippen LogP contribution in [0.25, 0.3) is 0 Å². The van der Waals surface area contributed by atoms with Gasteiger partial charge in [0.15, 0.2) is 0 Å². The van der Waals surface area contributed by atoms with Gasteiger partial charge in [0.2, 0.25) is 0 Å². The van der Waals surface area contributed by atoms with Crippen LogP contribution in [-0.4, -0.2) is 17.7 Å². The van der Waals surface area contributed by atoms with Crippen LogP contribution in [0.5, 0.6) is 0 Å². The molecular formula is C14H23NOS. The fourth-order valence-electron chi connectivity index (χ4n) is 2.81. The molecule has 1 aliphatic rings. The van der Waals surface area contributed by atoms with Crippen molar-refractivity contribution in [1.29, 1.82) is 0 Å². The van der Waals surface area contributed by atoms with E-state index in [1.807, 2.05) is 16.8 Å². The van der Waals surface area contributed by atoms with Crippen LogP contribution in [0.2, 0.25) is 0 Å². The first-order chi connectivity index (χ1) is 8.16. The number of aliphatic hydroxyl groups is 1. The fraction of sp³-hybridized carbons (Fsp3) is 0.714. The number of rotatable bonds is 4. The summed E-state index contributed by atoms with van der Waals surface area (Å²) in [6, 6.07) is 2.59. The molecule has 4 unspecified atom stereocenters. The molecule has 1 heterocycles. The Morgan fingerprint density at radius 2 is 2.29 bits per heavy atom. The molecule has 0 amide bonds. The van der Waals surface area contributed by atoms with E-state index in [2.05, 4.69) is 19.2 Å². The second kappa shape index (κ2) is 5.98. The Hall–Kier alpha value is -0.380. The van der Waals surface area contributed by atoms with Gasteiger partial charge in [0.25, 0.3) is 0 Å².